The number of aliphatic hydroxyl groups is 1. The van der Waals surface area contributed by atoms with E-state index < -0.39 is 6.04 Å². The van der Waals surface area contributed by atoms with Crippen molar-refractivity contribution < 1.29 is 14.7 Å². The molecule has 3 rings (SSSR count). The number of carbonyl (C=O) groups is 2. The quantitative estimate of drug-likeness (QED) is 0.384. The van der Waals surface area contributed by atoms with Crippen LogP contribution in [0, 0.1) is 12.8 Å². The van der Waals surface area contributed by atoms with Gasteiger partial charge in [-0.2, -0.15) is 4.80 Å². The maximum absolute atomic E-state index is 13.5. The molecule has 0 radical (unpaired) electrons. The normalized spacial score (nSPS) is 11.9. The summed E-state index contributed by atoms with van der Waals surface area (Å²) in [7, 11) is 0. The van der Waals surface area contributed by atoms with Crippen LogP contribution in [0.4, 0.5) is 0 Å². The number of aliphatic hydroxyl groups excluding tert-OH is 1. The van der Waals surface area contributed by atoms with Crippen LogP contribution in [-0.2, 0) is 16.1 Å². The van der Waals surface area contributed by atoms with Crippen molar-refractivity contribution in [3.05, 3.63) is 64.7 Å². The number of hydrogen-bond acceptors (Lipinski definition) is 6. The number of amides is 2. The Morgan fingerprint density at radius 1 is 1.11 bits per heavy atom. The number of aromatic nitrogens is 4. The Hall–Kier alpha value is -3.30. The number of rotatable bonds is 12. The number of carbonyl (C=O) groups excluding carboxylic acids is 2. The van der Waals surface area contributed by atoms with Gasteiger partial charge in [-0.3, -0.25) is 9.59 Å². The molecule has 0 saturated carbocycles. The van der Waals surface area contributed by atoms with Gasteiger partial charge in [0.15, 0.2) is 0 Å². The molecule has 2 aromatic carbocycles. The van der Waals surface area contributed by atoms with Crippen LogP contribution >= 0.6 is 11.6 Å². The standard InChI is InChI=1S/C26H33ClN6O3/c1-18(2)13-14-28-26(36)24(20-9-11-22(27)12-10-20)32(15-4-16-34)23(35)17-33-30-25(29-31-33)21-7-5-19(3)6-8-21/h5-12,18,24,34H,4,13-17H2,1-3H3,(H,28,36)/t24-/m0/s1. The molecule has 192 valence electrons. The van der Waals surface area contributed by atoms with E-state index in [4.69, 9.17) is 11.6 Å². The summed E-state index contributed by atoms with van der Waals surface area (Å²) < 4.78 is 0. The minimum absolute atomic E-state index is 0.120. The molecule has 0 aliphatic heterocycles. The zero-order valence-corrected chi connectivity index (χ0v) is 21.6. The molecule has 10 heteroatoms. The van der Waals surface area contributed by atoms with Gasteiger partial charge < -0.3 is 15.3 Å². The Balaban J connectivity index is 1.85. The second-order valence-electron chi connectivity index (χ2n) is 9.10. The van der Waals surface area contributed by atoms with Crippen molar-refractivity contribution in [2.75, 3.05) is 19.7 Å². The third-order valence-electron chi connectivity index (χ3n) is 5.68. The maximum atomic E-state index is 13.5. The number of aryl methyl sites for hydroxylation is 1. The third kappa shape index (κ3) is 7.60. The molecule has 0 fully saturated rings. The lowest BCUT2D eigenvalue weighted by Crippen LogP contribution is -2.46. The van der Waals surface area contributed by atoms with Crippen molar-refractivity contribution in [3.8, 4) is 11.4 Å². The van der Waals surface area contributed by atoms with E-state index in [2.05, 4.69) is 34.6 Å². The highest BCUT2D eigenvalue weighted by Gasteiger charge is 2.31. The molecular formula is C26H33ClN6O3. The van der Waals surface area contributed by atoms with E-state index in [0.717, 1.165) is 17.5 Å². The number of benzene rings is 2. The van der Waals surface area contributed by atoms with Crippen molar-refractivity contribution in [2.24, 2.45) is 5.92 Å². The van der Waals surface area contributed by atoms with E-state index in [1.807, 2.05) is 31.2 Å². The molecule has 3 aromatic rings. The molecule has 0 aliphatic carbocycles. The lowest BCUT2D eigenvalue weighted by Gasteiger charge is -2.31. The zero-order valence-electron chi connectivity index (χ0n) is 20.9. The second kappa shape index (κ2) is 13.1. The highest BCUT2D eigenvalue weighted by Crippen LogP contribution is 2.24. The lowest BCUT2D eigenvalue weighted by atomic mass is 10.0. The van der Waals surface area contributed by atoms with Gasteiger partial charge in [-0.15, -0.1) is 10.2 Å². The predicted molar refractivity (Wildman–Crippen MR) is 138 cm³/mol. The van der Waals surface area contributed by atoms with Crippen molar-refractivity contribution >= 4 is 23.4 Å². The summed E-state index contributed by atoms with van der Waals surface area (Å²) in [6.07, 6.45) is 1.13. The minimum atomic E-state index is -0.895. The average Bonchev–Trinajstić information content (AvgIpc) is 3.31. The molecule has 2 N–H and O–H groups in total. The summed E-state index contributed by atoms with van der Waals surface area (Å²) in [5, 5.41) is 25.4. The molecule has 1 atom stereocenters. The fourth-order valence-corrected chi connectivity index (χ4v) is 3.80. The molecule has 36 heavy (non-hydrogen) atoms. The second-order valence-corrected chi connectivity index (χ2v) is 9.54. The van der Waals surface area contributed by atoms with Crippen LogP contribution in [0.15, 0.2) is 48.5 Å². The topological polar surface area (TPSA) is 113 Å². The first-order chi connectivity index (χ1) is 17.3. The van der Waals surface area contributed by atoms with Crippen molar-refractivity contribution in [1.29, 1.82) is 0 Å². The highest BCUT2D eigenvalue weighted by molar-refractivity contribution is 6.30. The van der Waals surface area contributed by atoms with Gasteiger partial charge in [-0.1, -0.05) is 67.4 Å². The first-order valence-electron chi connectivity index (χ1n) is 12.1. The fraction of sp³-hybridized carbons (Fsp3) is 0.423. The van der Waals surface area contributed by atoms with Gasteiger partial charge in [-0.05, 0) is 48.6 Å². The van der Waals surface area contributed by atoms with Crippen LogP contribution in [0.3, 0.4) is 0 Å². The van der Waals surface area contributed by atoms with Gasteiger partial charge in [0.05, 0.1) is 0 Å². The van der Waals surface area contributed by atoms with Crippen LogP contribution < -0.4 is 5.32 Å². The minimum Gasteiger partial charge on any atom is -0.396 e. The number of halogens is 1. The number of nitrogens with zero attached hydrogens (tertiary/aromatic N) is 5. The number of hydrogen-bond donors (Lipinski definition) is 2. The lowest BCUT2D eigenvalue weighted by molar-refractivity contribution is -0.142. The van der Waals surface area contributed by atoms with E-state index in [9.17, 15) is 14.7 Å². The molecule has 0 spiro atoms. The van der Waals surface area contributed by atoms with Gasteiger partial charge in [0, 0.05) is 30.3 Å². The Labute approximate surface area is 216 Å². The molecule has 0 saturated heterocycles. The van der Waals surface area contributed by atoms with E-state index >= 15 is 0 Å². The Morgan fingerprint density at radius 3 is 2.44 bits per heavy atom. The maximum Gasteiger partial charge on any atom is 0.247 e. The molecule has 0 bridgehead atoms. The van der Waals surface area contributed by atoms with Gasteiger partial charge in [0.2, 0.25) is 17.6 Å². The largest absolute Gasteiger partial charge is 0.396 e. The molecule has 9 nitrogen and oxygen atoms in total. The molecule has 2 amide bonds. The van der Waals surface area contributed by atoms with Crippen LogP contribution in [0.1, 0.15) is 43.9 Å². The van der Waals surface area contributed by atoms with Crippen LogP contribution in [-0.4, -0.2) is 61.7 Å². The SMILES string of the molecule is Cc1ccc(-c2nnn(CC(=O)N(CCCO)[C@H](C(=O)NCCC(C)C)c3ccc(Cl)cc3)n2)cc1. The van der Waals surface area contributed by atoms with Crippen molar-refractivity contribution in [2.45, 2.75) is 46.2 Å². The van der Waals surface area contributed by atoms with Gasteiger partial charge >= 0.3 is 0 Å². The van der Waals surface area contributed by atoms with Gasteiger partial charge in [0.1, 0.15) is 12.6 Å². The predicted octanol–water partition coefficient (Wildman–Crippen LogP) is 3.42. The van der Waals surface area contributed by atoms with E-state index in [-0.39, 0.29) is 31.5 Å². The van der Waals surface area contributed by atoms with Gasteiger partial charge in [-0.25, -0.2) is 0 Å². The summed E-state index contributed by atoms with van der Waals surface area (Å²) in [6, 6.07) is 13.6. The van der Waals surface area contributed by atoms with Crippen LogP contribution in [0.5, 0.6) is 0 Å². The fourth-order valence-electron chi connectivity index (χ4n) is 3.68. The molecule has 1 heterocycles. The molecule has 0 aliphatic rings. The van der Waals surface area contributed by atoms with E-state index in [0.29, 0.717) is 35.3 Å². The van der Waals surface area contributed by atoms with Crippen LogP contribution in [0.25, 0.3) is 11.4 Å². The third-order valence-corrected chi connectivity index (χ3v) is 5.94. The Kier molecular flexibility index (Phi) is 9.95. The monoisotopic (exact) mass is 512 g/mol. The Bertz CT molecular complexity index is 1130. The summed E-state index contributed by atoms with van der Waals surface area (Å²) in [5.74, 6) is 0.171. The summed E-state index contributed by atoms with van der Waals surface area (Å²) >= 11 is 6.07. The smallest absolute Gasteiger partial charge is 0.247 e. The number of tetrazole rings is 1. The van der Waals surface area contributed by atoms with E-state index in [1.165, 1.54) is 9.70 Å². The molecule has 0 unspecified atom stereocenters. The number of nitrogens with one attached hydrogen (secondary N) is 1. The zero-order chi connectivity index (χ0) is 26.1. The Morgan fingerprint density at radius 2 is 1.81 bits per heavy atom. The van der Waals surface area contributed by atoms with E-state index in [1.54, 1.807) is 24.3 Å². The molecular weight excluding hydrogens is 480 g/mol. The van der Waals surface area contributed by atoms with Gasteiger partial charge in [0.25, 0.3) is 0 Å². The van der Waals surface area contributed by atoms with Crippen molar-refractivity contribution in [3.63, 3.8) is 0 Å². The molecule has 1 aromatic heterocycles. The van der Waals surface area contributed by atoms with Crippen molar-refractivity contribution in [1.82, 2.24) is 30.4 Å². The van der Waals surface area contributed by atoms with Crippen LogP contribution in [0.2, 0.25) is 5.02 Å². The first-order valence-corrected chi connectivity index (χ1v) is 12.4. The summed E-state index contributed by atoms with van der Waals surface area (Å²) in [5.41, 5.74) is 2.53. The highest BCUT2D eigenvalue weighted by atomic mass is 35.5. The average molecular weight is 513 g/mol. The summed E-state index contributed by atoms with van der Waals surface area (Å²) in [4.78, 5) is 29.5. The first kappa shape index (κ1) is 27.3. The summed E-state index contributed by atoms with van der Waals surface area (Å²) in [6.45, 7) is 6.50.